The van der Waals surface area contributed by atoms with Gasteiger partial charge in [-0.1, -0.05) is 29.8 Å². The molecule has 1 spiro atoms. The van der Waals surface area contributed by atoms with Gasteiger partial charge in [0.15, 0.2) is 11.6 Å². The second kappa shape index (κ2) is 7.68. The molecule has 2 fully saturated rings. The maximum atomic E-state index is 14.1. The Bertz CT molecular complexity index is 841. The Balaban J connectivity index is 1.44. The fourth-order valence-electron chi connectivity index (χ4n) is 3.74. The Morgan fingerprint density at radius 2 is 1.85 bits per heavy atom. The van der Waals surface area contributed by atoms with Crippen molar-refractivity contribution < 1.29 is 18.7 Å². The summed E-state index contributed by atoms with van der Waals surface area (Å²) in [4.78, 5) is 15.0. The number of likely N-dealkylation sites (tertiary alicyclic amines) is 1. The van der Waals surface area contributed by atoms with Gasteiger partial charge < -0.3 is 9.47 Å². The molecule has 2 aliphatic heterocycles. The Morgan fingerprint density at radius 3 is 2.56 bits per heavy atom. The summed E-state index contributed by atoms with van der Waals surface area (Å²) in [6, 6.07) is 11.5. The van der Waals surface area contributed by atoms with Crippen molar-refractivity contribution in [2.75, 3.05) is 26.3 Å². The number of nitrogens with zero attached hydrogens (tertiary/aromatic N) is 1. The standard InChI is InChI=1S/C21H21ClFNO3/c22-17-4-5-18(19(23)13-17)20(25)16-3-1-2-15(12-16)14-24-8-6-21(7-9-24)26-10-11-27-21/h1-5,12-13H,6-11,14H2. The zero-order valence-corrected chi connectivity index (χ0v) is 15.7. The first kappa shape index (κ1) is 18.6. The molecule has 0 saturated carbocycles. The molecule has 142 valence electrons. The number of halogens is 2. The van der Waals surface area contributed by atoms with Crippen molar-refractivity contribution in [2.45, 2.75) is 25.2 Å². The Kier molecular flexibility index (Phi) is 5.28. The molecule has 0 unspecified atom stereocenters. The van der Waals surface area contributed by atoms with Crippen LogP contribution in [-0.2, 0) is 16.0 Å². The minimum atomic E-state index is -0.601. The van der Waals surface area contributed by atoms with Gasteiger partial charge in [0.1, 0.15) is 5.82 Å². The van der Waals surface area contributed by atoms with Gasteiger partial charge in [-0.05, 0) is 29.8 Å². The maximum Gasteiger partial charge on any atom is 0.195 e. The van der Waals surface area contributed by atoms with Gasteiger partial charge in [0.05, 0.1) is 18.8 Å². The highest BCUT2D eigenvalue weighted by Gasteiger charge is 2.39. The highest BCUT2D eigenvalue weighted by Crippen LogP contribution is 2.31. The lowest BCUT2D eigenvalue weighted by Crippen LogP contribution is -2.44. The third kappa shape index (κ3) is 4.06. The molecule has 4 nitrogen and oxygen atoms in total. The smallest absolute Gasteiger partial charge is 0.195 e. The van der Waals surface area contributed by atoms with E-state index in [9.17, 15) is 9.18 Å². The summed E-state index contributed by atoms with van der Waals surface area (Å²) in [6.07, 6.45) is 1.70. The summed E-state index contributed by atoms with van der Waals surface area (Å²) in [5.74, 6) is -1.33. The fraction of sp³-hybridized carbons (Fsp3) is 0.381. The van der Waals surface area contributed by atoms with E-state index in [1.807, 2.05) is 18.2 Å². The van der Waals surface area contributed by atoms with Crippen molar-refractivity contribution in [3.63, 3.8) is 0 Å². The van der Waals surface area contributed by atoms with Gasteiger partial charge in [-0.15, -0.1) is 0 Å². The van der Waals surface area contributed by atoms with Crippen LogP contribution in [0.2, 0.25) is 5.02 Å². The van der Waals surface area contributed by atoms with E-state index >= 15 is 0 Å². The summed E-state index contributed by atoms with van der Waals surface area (Å²) in [5.41, 5.74) is 1.54. The van der Waals surface area contributed by atoms with Gasteiger partial charge >= 0.3 is 0 Å². The molecule has 0 atom stereocenters. The summed E-state index contributed by atoms with van der Waals surface area (Å²) >= 11 is 5.77. The van der Waals surface area contributed by atoms with Crippen LogP contribution in [0.5, 0.6) is 0 Å². The molecule has 0 amide bonds. The van der Waals surface area contributed by atoms with Crippen LogP contribution in [0, 0.1) is 5.82 Å². The molecule has 2 heterocycles. The maximum absolute atomic E-state index is 14.1. The molecule has 6 heteroatoms. The van der Waals surface area contributed by atoms with E-state index in [1.54, 1.807) is 6.07 Å². The van der Waals surface area contributed by atoms with E-state index in [1.165, 1.54) is 12.1 Å². The van der Waals surface area contributed by atoms with Crippen molar-refractivity contribution >= 4 is 17.4 Å². The largest absolute Gasteiger partial charge is 0.347 e. The van der Waals surface area contributed by atoms with Crippen LogP contribution in [0.1, 0.15) is 34.3 Å². The number of piperidine rings is 1. The number of hydrogen-bond acceptors (Lipinski definition) is 4. The number of benzene rings is 2. The fourth-order valence-corrected chi connectivity index (χ4v) is 3.89. The predicted octanol–water partition coefficient (Wildman–Crippen LogP) is 4.05. The van der Waals surface area contributed by atoms with Crippen LogP contribution in [-0.4, -0.2) is 42.8 Å². The average molecular weight is 390 g/mol. The molecule has 2 aromatic rings. The lowest BCUT2D eigenvalue weighted by atomic mass is 9.99. The number of ketones is 1. The Labute approximate surface area is 162 Å². The minimum absolute atomic E-state index is 0.0343. The van der Waals surface area contributed by atoms with Gasteiger partial charge in [-0.2, -0.15) is 0 Å². The molecule has 0 bridgehead atoms. The van der Waals surface area contributed by atoms with Gasteiger partial charge in [-0.3, -0.25) is 9.69 Å². The summed E-state index contributed by atoms with van der Waals surface area (Å²) in [7, 11) is 0. The lowest BCUT2D eigenvalue weighted by Gasteiger charge is -2.37. The van der Waals surface area contributed by atoms with Crippen molar-refractivity contribution in [1.29, 1.82) is 0 Å². The van der Waals surface area contributed by atoms with E-state index in [-0.39, 0.29) is 22.2 Å². The van der Waals surface area contributed by atoms with Crippen LogP contribution in [0.3, 0.4) is 0 Å². The molecule has 0 aliphatic carbocycles. The Morgan fingerprint density at radius 1 is 1.11 bits per heavy atom. The monoisotopic (exact) mass is 389 g/mol. The summed E-state index contributed by atoms with van der Waals surface area (Å²) < 4.78 is 25.6. The summed E-state index contributed by atoms with van der Waals surface area (Å²) in [5, 5.41) is 0.274. The zero-order valence-electron chi connectivity index (χ0n) is 14.9. The molecule has 2 aliphatic rings. The molecule has 2 aromatic carbocycles. The molecular weight excluding hydrogens is 369 g/mol. The molecule has 0 N–H and O–H groups in total. The first-order valence-electron chi connectivity index (χ1n) is 9.14. The molecule has 27 heavy (non-hydrogen) atoms. The van der Waals surface area contributed by atoms with Crippen LogP contribution in [0.15, 0.2) is 42.5 Å². The van der Waals surface area contributed by atoms with Gasteiger partial charge in [-0.25, -0.2) is 4.39 Å². The second-order valence-corrected chi connectivity index (χ2v) is 7.47. The van der Waals surface area contributed by atoms with Crippen molar-refractivity contribution in [3.05, 3.63) is 70.0 Å². The van der Waals surface area contributed by atoms with Crippen LogP contribution in [0.4, 0.5) is 4.39 Å². The number of carbonyl (C=O) groups excluding carboxylic acids is 1. The SMILES string of the molecule is O=C(c1cccc(CN2CCC3(CC2)OCCO3)c1)c1ccc(Cl)cc1F. The van der Waals surface area contributed by atoms with Crippen LogP contribution in [0.25, 0.3) is 0 Å². The number of carbonyl (C=O) groups is 1. The van der Waals surface area contributed by atoms with Crippen molar-refractivity contribution in [2.24, 2.45) is 0 Å². The van der Waals surface area contributed by atoms with Crippen molar-refractivity contribution in [3.8, 4) is 0 Å². The summed E-state index contributed by atoms with van der Waals surface area (Å²) in [6.45, 7) is 3.84. The predicted molar refractivity (Wildman–Crippen MR) is 100 cm³/mol. The highest BCUT2D eigenvalue weighted by atomic mass is 35.5. The van der Waals surface area contributed by atoms with Crippen molar-refractivity contribution in [1.82, 2.24) is 4.90 Å². The molecule has 0 radical (unpaired) electrons. The normalized spacial score (nSPS) is 19.5. The van der Waals surface area contributed by atoms with E-state index in [2.05, 4.69) is 4.90 Å². The molecular formula is C21H21ClFNO3. The minimum Gasteiger partial charge on any atom is -0.347 e. The Hall–Kier alpha value is -1.79. The number of ether oxygens (including phenoxy) is 2. The third-order valence-electron chi connectivity index (χ3n) is 5.20. The number of rotatable bonds is 4. The topological polar surface area (TPSA) is 38.8 Å². The van der Waals surface area contributed by atoms with Gasteiger partial charge in [0, 0.05) is 43.1 Å². The first-order valence-corrected chi connectivity index (χ1v) is 9.51. The lowest BCUT2D eigenvalue weighted by molar-refractivity contribution is -0.185. The van der Waals surface area contributed by atoms with E-state index < -0.39 is 5.82 Å². The second-order valence-electron chi connectivity index (χ2n) is 7.04. The first-order chi connectivity index (χ1) is 13.0. The van der Waals surface area contributed by atoms with E-state index in [4.69, 9.17) is 21.1 Å². The number of hydrogen-bond donors (Lipinski definition) is 0. The van der Waals surface area contributed by atoms with Gasteiger partial charge in [0.2, 0.25) is 0 Å². The van der Waals surface area contributed by atoms with Gasteiger partial charge in [0.25, 0.3) is 0 Å². The average Bonchev–Trinajstić information content (AvgIpc) is 3.12. The van der Waals surface area contributed by atoms with Crippen LogP contribution < -0.4 is 0 Å². The third-order valence-corrected chi connectivity index (χ3v) is 5.44. The molecule has 4 rings (SSSR count). The van der Waals surface area contributed by atoms with E-state index in [0.717, 1.165) is 44.1 Å². The quantitative estimate of drug-likeness (QED) is 0.739. The molecule has 0 aromatic heterocycles. The van der Waals surface area contributed by atoms with E-state index in [0.29, 0.717) is 18.8 Å². The van der Waals surface area contributed by atoms with Crippen LogP contribution >= 0.6 is 11.6 Å². The molecule has 2 saturated heterocycles. The highest BCUT2D eigenvalue weighted by molar-refractivity contribution is 6.30. The zero-order chi connectivity index (χ0) is 18.9.